The highest BCUT2D eigenvalue weighted by Crippen LogP contribution is 2.29. The summed E-state index contributed by atoms with van der Waals surface area (Å²) in [6.45, 7) is 2.90. The van der Waals surface area contributed by atoms with Crippen LogP contribution >= 0.6 is 0 Å². The molecule has 0 aliphatic carbocycles. The first-order chi connectivity index (χ1) is 12.6. The van der Waals surface area contributed by atoms with Gasteiger partial charge in [0, 0.05) is 25.5 Å². The fraction of sp³-hybridized carbons (Fsp3) is 0.294. The SMILES string of the molecule is Cc1c2c(-c3nc(C4CCOC4)no3)ncn2c2ccc(F)cc2[n+]1[O-]. The first-order valence-corrected chi connectivity index (χ1v) is 8.23. The van der Waals surface area contributed by atoms with Crippen LogP contribution in [0.3, 0.4) is 0 Å². The Balaban J connectivity index is 1.72. The van der Waals surface area contributed by atoms with E-state index in [1.54, 1.807) is 23.7 Å². The van der Waals surface area contributed by atoms with E-state index in [1.165, 1.54) is 12.1 Å². The molecule has 0 saturated carbocycles. The number of hydrogen-bond donors (Lipinski definition) is 0. The lowest BCUT2D eigenvalue weighted by atomic mass is 10.1. The van der Waals surface area contributed by atoms with Crippen LogP contribution in [-0.4, -0.2) is 32.7 Å². The van der Waals surface area contributed by atoms with Crippen LogP contribution in [0.2, 0.25) is 0 Å². The van der Waals surface area contributed by atoms with Gasteiger partial charge in [0.25, 0.3) is 5.89 Å². The van der Waals surface area contributed by atoms with Crippen molar-refractivity contribution in [2.75, 3.05) is 13.2 Å². The second-order valence-electron chi connectivity index (χ2n) is 6.34. The van der Waals surface area contributed by atoms with Gasteiger partial charge in [-0.3, -0.25) is 4.40 Å². The van der Waals surface area contributed by atoms with Gasteiger partial charge in [0.2, 0.25) is 11.2 Å². The van der Waals surface area contributed by atoms with Crippen molar-refractivity contribution in [1.29, 1.82) is 0 Å². The van der Waals surface area contributed by atoms with E-state index in [4.69, 9.17) is 9.26 Å². The van der Waals surface area contributed by atoms with Gasteiger partial charge < -0.3 is 14.5 Å². The summed E-state index contributed by atoms with van der Waals surface area (Å²) in [5.41, 5.74) is 2.13. The van der Waals surface area contributed by atoms with Crippen molar-refractivity contribution in [3.63, 3.8) is 0 Å². The molecule has 1 unspecified atom stereocenters. The van der Waals surface area contributed by atoms with E-state index in [0.29, 0.717) is 46.2 Å². The Kier molecular flexibility index (Phi) is 3.20. The van der Waals surface area contributed by atoms with Crippen LogP contribution in [0.25, 0.3) is 28.1 Å². The van der Waals surface area contributed by atoms with Crippen LogP contribution in [0.5, 0.6) is 0 Å². The Morgan fingerprint density at radius 3 is 3.08 bits per heavy atom. The molecule has 5 rings (SSSR count). The molecule has 3 aromatic heterocycles. The fourth-order valence-electron chi connectivity index (χ4n) is 3.41. The highest BCUT2D eigenvalue weighted by Gasteiger charge is 2.27. The minimum atomic E-state index is -0.471. The normalized spacial score (nSPS) is 17.5. The lowest BCUT2D eigenvalue weighted by molar-refractivity contribution is -0.583. The van der Waals surface area contributed by atoms with Crippen molar-refractivity contribution in [1.82, 2.24) is 19.5 Å². The Labute approximate surface area is 146 Å². The molecule has 0 amide bonds. The second kappa shape index (κ2) is 5.46. The van der Waals surface area contributed by atoms with Crippen molar-refractivity contribution in [2.45, 2.75) is 19.3 Å². The molecule has 1 aliphatic rings. The lowest BCUT2D eigenvalue weighted by Gasteiger charge is -2.08. The molecule has 4 heterocycles. The Bertz CT molecular complexity index is 1150. The summed E-state index contributed by atoms with van der Waals surface area (Å²) >= 11 is 0. The molecule has 1 saturated heterocycles. The summed E-state index contributed by atoms with van der Waals surface area (Å²) in [6, 6.07) is 4.06. The van der Waals surface area contributed by atoms with Gasteiger partial charge in [-0.25, -0.2) is 9.37 Å². The summed E-state index contributed by atoms with van der Waals surface area (Å²) in [4.78, 5) is 8.81. The summed E-state index contributed by atoms with van der Waals surface area (Å²) in [6.07, 6.45) is 2.42. The molecule has 0 bridgehead atoms. The van der Waals surface area contributed by atoms with Gasteiger partial charge in [-0.05, 0) is 18.6 Å². The third-order valence-corrected chi connectivity index (χ3v) is 4.77. The van der Waals surface area contributed by atoms with Crippen LogP contribution in [-0.2, 0) is 4.74 Å². The van der Waals surface area contributed by atoms with Crippen LogP contribution in [0, 0.1) is 17.9 Å². The van der Waals surface area contributed by atoms with E-state index in [9.17, 15) is 9.60 Å². The number of aromatic nitrogens is 5. The smallest absolute Gasteiger partial charge is 0.279 e. The summed E-state index contributed by atoms with van der Waals surface area (Å²) in [5.74, 6) is 0.463. The molecular weight excluding hydrogens is 341 g/mol. The van der Waals surface area contributed by atoms with Crippen molar-refractivity contribution in [2.24, 2.45) is 0 Å². The lowest BCUT2D eigenvalue weighted by Crippen LogP contribution is -2.32. The maximum atomic E-state index is 13.5. The molecule has 0 radical (unpaired) electrons. The maximum absolute atomic E-state index is 13.5. The molecule has 0 N–H and O–H groups in total. The number of rotatable bonds is 2. The molecule has 132 valence electrons. The zero-order valence-electron chi connectivity index (χ0n) is 13.8. The largest absolute Gasteiger partial charge is 0.618 e. The fourth-order valence-corrected chi connectivity index (χ4v) is 3.41. The molecule has 1 fully saturated rings. The Hall–Kier alpha value is -3.07. The predicted octanol–water partition coefficient (Wildman–Crippen LogP) is 2.12. The number of hydrogen-bond acceptors (Lipinski definition) is 6. The summed E-state index contributed by atoms with van der Waals surface area (Å²) < 4.78 is 26.7. The molecule has 26 heavy (non-hydrogen) atoms. The van der Waals surface area contributed by atoms with Gasteiger partial charge in [0.05, 0.1) is 6.61 Å². The van der Waals surface area contributed by atoms with Gasteiger partial charge in [-0.2, -0.15) is 9.71 Å². The van der Waals surface area contributed by atoms with E-state index in [0.717, 1.165) is 6.42 Å². The summed E-state index contributed by atoms with van der Waals surface area (Å²) in [5, 5.41) is 16.7. The van der Waals surface area contributed by atoms with E-state index < -0.39 is 5.82 Å². The van der Waals surface area contributed by atoms with Gasteiger partial charge in [-0.1, -0.05) is 5.16 Å². The maximum Gasteiger partial charge on any atom is 0.279 e. The van der Waals surface area contributed by atoms with E-state index in [2.05, 4.69) is 15.1 Å². The predicted molar refractivity (Wildman–Crippen MR) is 87.8 cm³/mol. The monoisotopic (exact) mass is 355 g/mol. The first-order valence-electron chi connectivity index (χ1n) is 8.23. The zero-order valence-corrected chi connectivity index (χ0v) is 13.8. The number of imidazole rings is 1. The number of aryl methyl sites for hydroxylation is 1. The third-order valence-electron chi connectivity index (χ3n) is 4.77. The quantitative estimate of drug-likeness (QED) is 0.404. The van der Waals surface area contributed by atoms with Crippen LogP contribution in [0.4, 0.5) is 4.39 Å². The molecule has 1 aromatic carbocycles. The third kappa shape index (κ3) is 2.10. The molecule has 4 aromatic rings. The van der Waals surface area contributed by atoms with E-state index in [1.807, 2.05) is 0 Å². The summed E-state index contributed by atoms with van der Waals surface area (Å²) in [7, 11) is 0. The number of halogens is 1. The minimum Gasteiger partial charge on any atom is -0.618 e. The molecule has 1 aliphatic heterocycles. The number of benzene rings is 1. The average Bonchev–Trinajstić information content (AvgIpc) is 3.38. The zero-order chi connectivity index (χ0) is 17.8. The number of ether oxygens (including phenoxy) is 1. The van der Waals surface area contributed by atoms with Crippen molar-refractivity contribution < 1.29 is 18.4 Å². The van der Waals surface area contributed by atoms with Crippen molar-refractivity contribution >= 4 is 16.6 Å². The molecule has 1 atom stereocenters. The van der Waals surface area contributed by atoms with Crippen LogP contribution < -0.4 is 4.73 Å². The van der Waals surface area contributed by atoms with Gasteiger partial charge in [-0.15, -0.1) is 0 Å². The molecule has 9 heteroatoms. The van der Waals surface area contributed by atoms with Gasteiger partial charge in [0.1, 0.15) is 23.2 Å². The van der Waals surface area contributed by atoms with Crippen LogP contribution in [0.1, 0.15) is 23.9 Å². The minimum absolute atomic E-state index is 0.107. The Morgan fingerprint density at radius 1 is 1.38 bits per heavy atom. The average molecular weight is 355 g/mol. The highest BCUT2D eigenvalue weighted by molar-refractivity contribution is 5.82. The first kappa shape index (κ1) is 15.2. The molecule has 0 spiro atoms. The Morgan fingerprint density at radius 2 is 2.27 bits per heavy atom. The van der Waals surface area contributed by atoms with Crippen molar-refractivity contribution in [3.05, 3.63) is 47.1 Å². The standard InChI is InChI=1S/C17H14FN5O3/c1-9-15-14(17-20-16(21-26-17)10-4-5-25-7-10)19-8-22(15)12-3-2-11(18)6-13(12)23(9)24/h2-3,6,8,10H,4-5,7H2,1H3. The van der Waals surface area contributed by atoms with Gasteiger partial charge >= 0.3 is 0 Å². The van der Waals surface area contributed by atoms with Crippen LogP contribution in [0.15, 0.2) is 29.0 Å². The highest BCUT2D eigenvalue weighted by atomic mass is 19.1. The topological polar surface area (TPSA) is 92.4 Å². The van der Waals surface area contributed by atoms with Crippen molar-refractivity contribution in [3.8, 4) is 11.6 Å². The molecule has 8 nitrogen and oxygen atoms in total. The van der Waals surface area contributed by atoms with E-state index in [-0.39, 0.29) is 17.3 Å². The number of fused-ring (bicyclic) bond motifs is 3. The molecular formula is C17H14FN5O3. The van der Waals surface area contributed by atoms with Gasteiger partial charge in [0.15, 0.2) is 11.5 Å². The van der Waals surface area contributed by atoms with E-state index >= 15 is 0 Å². The second-order valence-corrected chi connectivity index (χ2v) is 6.34. The number of nitrogens with zero attached hydrogens (tertiary/aromatic N) is 5.